The molecule has 0 aromatic heterocycles. The number of hydrogen-bond donors (Lipinski definition) is 3. The average molecular weight is 335 g/mol. The summed E-state index contributed by atoms with van der Waals surface area (Å²) in [6.45, 7) is 1.93. The number of halogens is 1. The number of carboxylic acids is 1. The van der Waals surface area contributed by atoms with Crippen molar-refractivity contribution in [2.75, 3.05) is 10.6 Å². The van der Waals surface area contributed by atoms with Crippen LogP contribution in [-0.2, 0) is 11.2 Å². The quantitative estimate of drug-likeness (QED) is 0.735. The van der Waals surface area contributed by atoms with E-state index >= 15 is 0 Å². The summed E-state index contributed by atoms with van der Waals surface area (Å²) in [5.41, 5.74) is 3.32. The minimum atomic E-state index is -0.853. The van der Waals surface area contributed by atoms with Gasteiger partial charge in [-0.05, 0) is 54.5 Å². The highest BCUT2D eigenvalue weighted by Gasteiger charge is 2.03. The summed E-state index contributed by atoms with van der Waals surface area (Å²) in [5, 5.41) is 15.9. The molecule has 2 rings (SSSR count). The second kappa shape index (κ2) is 7.24. The topological polar surface area (TPSA) is 61.4 Å². The number of anilines is 2. The Bertz CT molecular complexity index is 702. The van der Waals surface area contributed by atoms with E-state index < -0.39 is 5.97 Å². The van der Waals surface area contributed by atoms with E-state index in [2.05, 4.69) is 10.6 Å². The van der Waals surface area contributed by atoms with Gasteiger partial charge in [-0.3, -0.25) is 4.79 Å². The second-order valence-electron chi connectivity index (χ2n) is 4.81. The maximum absolute atomic E-state index is 10.6. The Morgan fingerprint density at radius 1 is 1.14 bits per heavy atom. The lowest BCUT2D eigenvalue weighted by Crippen LogP contribution is -2.19. The van der Waals surface area contributed by atoms with Crippen LogP contribution < -0.4 is 10.6 Å². The fourth-order valence-corrected chi connectivity index (χ4v) is 2.26. The summed E-state index contributed by atoms with van der Waals surface area (Å²) in [6, 6.07) is 12.7. The summed E-state index contributed by atoms with van der Waals surface area (Å²) >= 11 is 11.3. The van der Waals surface area contributed by atoms with E-state index in [4.69, 9.17) is 28.9 Å². The van der Waals surface area contributed by atoms with Gasteiger partial charge in [0.15, 0.2) is 5.11 Å². The van der Waals surface area contributed by atoms with Crippen LogP contribution >= 0.6 is 23.8 Å². The van der Waals surface area contributed by atoms with Crippen LogP contribution in [0.1, 0.15) is 11.1 Å². The average Bonchev–Trinajstić information content (AvgIpc) is 2.44. The van der Waals surface area contributed by atoms with E-state index in [9.17, 15) is 4.79 Å². The largest absolute Gasteiger partial charge is 0.481 e. The maximum Gasteiger partial charge on any atom is 0.307 e. The molecule has 0 spiro atoms. The van der Waals surface area contributed by atoms with E-state index in [-0.39, 0.29) is 6.42 Å². The van der Waals surface area contributed by atoms with Crippen molar-refractivity contribution in [3.63, 3.8) is 0 Å². The van der Waals surface area contributed by atoms with Crippen LogP contribution in [0.15, 0.2) is 42.5 Å². The van der Waals surface area contributed by atoms with Gasteiger partial charge in [-0.25, -0.2) is 0 Å². The summed E-state index contributed by atoms with van der Waals surface area (Å²) in [5.74, 6) is -0.853. The molecule has 4 nitrogen and oxygen atoms in total. The van der Waals surface area contributed by atoms with Crippen LogP contribution in [0, 0.1) is 6.92 Å². The smallest absolute Gasteiger partial charge is 0.307 e. The highest BCUT2D eigenvalue weighted by Crippen LogP contribution is 2.20. The fourth-order valence-electron chi connectivity index (χ4n) is 1.84. The number of nitrogens with one attached hydrogen (secondary N) is 2. The van der Waals surface area contributed by atoms with Crippen LogP contribution in [0.4, 0.5) is 11.4 Å². The van der Waals surface area contributed by atoms with Gasteiger partial charge in [0.1, 0.15) is 0 Å². The first-order chi connectivity index (χ1) is 10.4. The first kappa shape index (κ1) is 16.3. The molecule has 2 aromatic rings. The molecule has 3 N–H and O–H groups in total. The lowest BCUT2D eigenvalue weighted by Gasteiger charge is -2.11. The normalized spacial score (nSPS) is 10.1. The molecule has 6 heteroatoms. The Morgan fingerprint density at radius 3 is 2.32 bits per heavy atom. The van der Waals surface area contributed by atoms with Gasteiger partial charge < -0.3 is 15.7 Å². The number of thiocarbonyl (C=S) groups is 1. The van der Waals surface area contributed by atoms with Crippen molar-refractivity contribution in [3.05, 3.63) is 58.6 Å². The Labute approximate surface area is 139 Å². The van der Waals surface area contributed by atoms with Crippen molar-refractivity contribution in [1.29, 1.82) is 0 Å². The molecule has 0 unspecified atom stereocenters. The van der Waals surface area contributed by atoms with E-state index in [1.807, 2.05) is 19.1 Å². The third-order valence-electron chi connectivity index (χ3n) is 3.00. The summed E-state index contributed by atoms with van der Waals surface area (Å²) < 4.78 is 0. The molecule has 2 aromatic carbocycles. The Balaban J connectivity index is 1.96. The number of aryl methyl sites for hydroxylation is 1. The third-order valence-corrected chi connectivity index (χ3v) is 3.61. The summed E-state index contributed by atoms with van der Waals surface area (Å²) in [7, 11) is 0. The minimum absolute atomic E-state index is 0.00480. The molecule has 0 amide bonds. The number of benzene rings is 2. The molecule has 0 radical (unpaired) electrons. The van der Waals surface area contributed by atoms with Gasteiger partial charge in [-0.2, -0.15) is 0 Å². The molecular formula is C16H15ClN2O2S. The van der Waals surface area contributed by atoms with Crippen LogP contribution in [0.25, 0.3) is 0 Å². The van der Waals surface area contributed by atoms with Gasteiger partial charge >= 0.3 is 5.97 Å². The molecule has 0 atom stereocenters. The molecule has 0 aliphatic heterocycles. The van der Waals surface area contributed by atoms with Crippen LogP contribution in [0.3, 0.4) is 0 Å². The number of hydrogen-bond acceptors (Lipinski definition) is 2. The van der Waals surface area contributed by atoms with Crippen molar-refractivity contribution in [1.82, 2.24) is 0 Å². The van der Waals surface area contributed by atoms with Gasteiger partial charge in [0.2, 0.25) is 0 Å². The van der Waals surface area contributed by atoms with Crippen LogP contribution in [-0.4, -0.2) is 16.2 Å². The standard InChI is InChI=1S/C16H15ClN2O2S/c1-10-2-5-13(9-14(10)17)19-16(22)18-12-6-3-11(4-7-12)8-15(20)21/h2-7,9H,8H2,1H3,(H,20,21)(H2,18,19,22). The minimum Gasteiger partial charge on any atom is -0.481 e. The SMILES string of the molecule is Cc1ccc(NC(=S)Nc2ccc(CC(=O)O)cc2)cc1Cl. The monoisotopic (exact) mass is 334 g/mol. The van der Waals surface area contributed by atoms with Crippen LogP contribution in [0.2, 0.25) is 5.02 Å². The molecule has 0 saturated carbocycles. The lowest BCUT2D eigenvalue weighted by molar-refractivity contribution is -0.136. The Hall–Kier alpha value is -2.11. The maximum atomic E-state index is 10.6. The number of aliphatic carboxylic acids is 1. The zero-order valence-electron chi connectivity index (χ0n) is 11.9. The van der Waals surface area contributed by atoms with Gasteiger partial charge in [0.05, 0.1) is 6.42 Å². The Morgan fingerprint density at radius 2 is 1.73 bits per heavy atom. The van der Waals surface area contributed by atoms with E-state index in [1.165, 1.54) is 0 Å². The Kier molecular flexibility index (Phi) is 5.35. The fraction of sp³-hybridized carbons (Fsp3) is 0.125. The highest BCUT2D eigenvalue weighted by atomic mass is 35.5. The van der Waals surface area contributed by atoms with E-state index in [1.54, 1.807) is 30.3 Å². The zero-order valence-corrected chi connectivity index (χ0v) is 13.5. The molecular weight excluding hydrogens is 320 g/mol. The van der Waals surface area contributed by atoms with Crippen molar-refractivity contribution in [2.24, 2.45) is 0 Å². The predicted octanol–water partition coefficient (Wildman–Crippen LogP) is 4.08. The van der Waals surface area contributed by atoms with Gasteiger partial charge in [0.25, 0.3) is 0 Å². The molecule has 22 heavy (non-hydrogen) atoms. The third kappa shape index (κ3) is 4.72. The van der Waals surface area contributed by atoms with Crippen molar-refractivity contribution < 1.29 is 9.90 Å². The van der Waals surface area contributed by atoms with E-state index in [0.717, 1.165) is 22.5 Å². The van der Waals surface area contributed by atoms with Crippen LogP contribution in [0.5, 0.6) is 0 Å². The number of carboxylic acid groups (broad SMARTS) is 1. The number of carbonyl (C=O) groups is 1. The van der Waals surface area contributed by atoms with Gasteiger partial charge in [0, 0.05) is 16.4 Å². The van der Waals surface area contributed by atoms with Gasteiger partial charge in [-0.1, -0.05) is 29.8 Å². The zero-order chi connectivity index (χ0) is 16.1. The second-order valence-corrected chi connectivity index (χ2v) is 5.63. The molecule has 0 saturated heterocycles. The lowest BCUT2D eigenvalue weighted by atomic mass is 10.1. The van der Waals surface area contributed by atoms with Crippen molar-refractivity contribution >= 4 is 46.3 Å². The molecule has 114 valence electrons. The highest BCUT2D eigenvalue weighted by molar-refractivity contribution is 7.80. The molecule has 0 aliphatic carbocycles. The molecule has 0 heterocycles. The number of rotatable bonds is 4. The first-order valence-corrected chi connectivity index (χ1v) is 7.37. The van der Waals surface area contributed by atoms with Crippen molar-refractivity contribution in [3.8, 4) is 0 Å². The summed E-state index contributed by atoms with van der Waals surface area (Å²) in [6.07, 6.45) is 0.00480. The van der Waals surface area contributed by atoms with Gasteiger partial charge in [-0.15, -0.1) is 0 Å². The molecule has 0 bridgehead atoms. The molecule has 0 fully saturated rings. The van der Waals surface area contributed by atoms with Crippen molar-refractivity contribution in [2.45, 2.75) is 13.3 Å². The molecule has 0 aliphatic rings. The predicted molar refractivity (Wildman–Crippen MR) is 93.8 cm³/mol. The first-order valence-electron chi connectivity index (χ1n) is 6.59. The summed E-state index contributed by atoms with van der Waals surface area (Å²) in [4.78, 5) is 10.6. The van der Waals surface area contributed by atoms with E-state index in [0.29, 0.717) is 10.1 Å².